The Morgan fingerprint density at radius 3 is 2.62 bits per heavy atom. The number of aliphatic hydroxyl groups is 2. The van der Waals surface area contributed by atoms with Crippen molar-refractivity contribution < 1.29 is 15.0 Å². The average Bonchev–Trinajstić information content (AvgIpc) is 2.48. The second-order valence-electron chi connectivity index (χ2n) is 4.88. The van der Waals surface area contributed by atoms with E-state index in [9.17, 15) is 4.79 Å². The number of nitrogens with zero attached hydrogens (tertiary/aromatic N) is 2. The highest BCUT2D eigenvalue weighted by Gasteiger charge is 2.19. The molecule has 1 aromatic heterocycles. The quantitative estimate of drug-likeness (QED) is 0.768. The SMILES string of the molecule is CC(C)N(CCCO)C(=O)c1ccc(C#CCCO)cn1. The van der Waals surface area contributed by atoms with Crippen molar-refractivity contribution in [3.8, 4) is 11.8 Å². The summed E-state index contributed by atoms with van der Waals surface area (Å²) in [4.78, 5) is 18.2. The highest BCUT2D eigenvalue weighted by Crippen LogP contribution is 2.08. The number of aliphatic hydroxyl groups excluding tert-OH is 2. The molecule has 0 aliphatic heterocycles. The Bertz CT molecular complexity index is 500. The third kappa shape index (κ3) is 5.54. The number of carbonyl (C=O) groups is 1. The third-order valence-corrected chi connectivity index (χ3v) is 2.89. The van der Waals surface area contributed by atoms with E-state index >= 15 is 0 Å². The molecule has 0 aliphatic carbocycles. The van der Waals surface area contributed by atoms with E-state index in [1.807, 2.05) is 13.8 Å². The van der Waals surface area contributed by atoms with Crippen LogP contribution in [0.25, 0.3) is 0 Å². The number of hydrogen-bond donors (Lipinski definition) is 2. The molecule has 0 atom stereocenters. The number of carbonyl (C=O) groups excluding carboxylic acids is 1. The van der Waals surface area contributed by atoms with Crippen LogP contribution < -0.4 is 0 Å². The molecule has 1 aromatic rings. The van der Waals surface area contributed by atoms with Gasteiger partial charge >= 0.3 is 0 Å². The maximum atomic E-state index is 12.4. The monoisotopic (exact) mass is 290 g/mol. The Labute approximate surface area is 125 Å². The van der Waals surface area contributed by atoms with Crippen LogP contribution in [0, 0.1) is 11.8 Å². The second-order valence-corrected chi connectivity index (χ2v) is 4.88. The van der Waals surface area contributed by atoms with Gasteiger partial charge in [-0.2, -0.15) is 0 Å². The van der Waals surface area contributed by atoms with Gasteiger partial charge in [-0.05, 0) is 32.4 Å². The van der Waals surface area contributed by atoms with Gasteiger partial charge in [0.15, 0.2) is 0 Å². The number of hydrogen-bond acceptors (Lipinski definition) is 4. The maximum absolute atomic E-state index is 12.4. The molecule has 0 bridgehead atoms. The van der Waals surface area contributed by atoms with Gasteiger partial charge in [-0.3, -0.25) is 4.79 Å². The van der Waals surface area contributed by atoms with E-state index in [-0.39, 0.29) is 25.2 Å². The lowest BCUT2D eigenvalue weighted by Gasteiger charge is -2.26. The minimum Gasteiger partial charge on any atom is -0.396 e. The normalized spacial score (nSPS) is 10.1. The molecule has 21 heavy (non-hydrogen) atoms. The largest absolute Gasteiger partial charge is 0.396 e. The molecule has 1 amide bonds. The molecule has 2 N–H and O–H groups in total. The molecular formula is C16H22N2O3. The van der Waals surface area contributed by atoms with E-state index in [2.05, 4.69) is 16.8 Å². The Kier molecular flexibility index (Phi) is 7.44. The van der Waals surface area contributed by atoms with Gasteiger partial charge in [-0.15, -0.1) is 0 Å². The lowest BCUT2D eigenvalue weighted by molar-refractivity contribution is 0.0687. The molecule has 0 unspecified atom stereocenters. The predicted octanol–water partition coefficient (Wildman–Crippen LogP) is 1.05. The summed E-state index contributed by atoms with van der Waals surface area (Å²) in [5.41, 5.74) is 1.08. The van der Waals surface area contributed by atoms with Gasteiger partial charge in [0.2, 0.25) is 0 Å². The fourth-order valence-corrected chi connectivity index (χ4v) is 1.80. The zero-order valence-corrected chi connectivity index (χ0v) is 12.5. The Morgan fingerprint density at radius 2 is 2.10 bits per heavy atom. The summed E-state index contributed by atoms with van der Waals surface area (Å²) in [6.07, 6.45) is 2.53. The summed E-state index contributed by atoms with van der Waals surface area (Å²) in [6, 6.07) is 3.45. The minimum atomic E-state index is -0.145. The molecule has 0 aromatic carbocycles. The van der Waals surface area contributed by atoms with Crippen molar-refractivity contribution in [3.63, 3.8) is 0 Å². The van der Waals surface area contributed by atoms with E-state index in [0.29, 0.717) is 30.6 Å². The summed E-state index contributed by atoms with van der Waals surface area (Å²) < 4.78 is 0. The van der Waals surface area contributed by atoms with Gasteiger partial charge in [0, 0.05) is 37.4 Å². The van der Waals surface area contributed by atoms with E-state index < -0.39 is 0 Å². The van der Waals surface area contributed by atoms with Gasteiger partial charge in [-0.25, -0.2) is 4.98 Å². The molecule has 114 valence electrons. The molecule has 5 heteroatoms. The summed E-state index contributed by atoms with van der Waals surface area (Å²) in [6.45, 7) is 4.47. The molecule has 5 nitrogen and oxygen atoms in total. The molecule has 0 fully saturated rings. The van der Waals surface area contributed by atoms with Crippen molar-refractivity contribution in [2.75, 3.05) is 19.8 Å². The molecule has 0 radical (unpaired) electrons. The zero-order valence-electron chi connectivity index (χ0n) is 12.5. The molecule has 0 aliphatic rings. The third-order valence-electron chi connectivity index (χ3n) is 2.89. The van der Waals surface area contributed by atoms with Crippen LogP contribution in [0.1, 0.15) is 42.7 Å². The number of rotatable bonds is 6. The van der Waals surface area contributed by atoms with E-state index in [1.54, 1.807) is 23.2 Å². The average molecular weight is 290 g/mol. The second kappa shape index (κ2) is 9.11. The van der Waals surface area contributed by atoms with Gasteiger partial charge in [0.1, 0.15) is 5.69 Å². The zero-order chi connectivity index (χ0) is 15.7. The van der Waals surface area contributed by atoms with Crippen molar-refractivity contribution in [3.05, 3.63) is 29.6 Å². The highest BCUT2D eigenvalue weighted by molar-refractivity contribution is 5.92. The van der Waals surface area contributed by atoms with E-state index in [0.717, 1.165) is 0 Å². The lowest BCUT2D eigenvalue weighted by atomic mass is 10.2. The molecule has 1 rings (SSSR count). The first-order chi connectivity index (χ1) is 10.1. The molecule has 0 saturated heterocycles. The fourth-order valence-electron chi connectivity index (χ4n) is 1.80. The van der Waals surface area contributed by atoms with Gasteiger partial charge < -0.3 is 15.1 Å². The van der Waals surface area contributed by atoms with Crippen molar-refractivity contribution >= 4 is 5.91 Å². The molecule has 1 heterocycles. The molecule has 0 spiro atoms. The van der Waals surface area contributed by atoms with Gasteiger partial charge in [0.25, 0.3) is 5.91 Å². The predicted molar refractivity (Wildman–Crippen MR) is 80.7 cm³/mol. The fraction of sp³-hybridized carbons (Fsp3) is 0.500. The standard InChI is InChI=1S/C16H22N2O3/c1-13(2)18(9-5-11-20)16(21)15-8-7-14(12-17-15)6-3-4-10-19/h7-8,12-13,19-20H,4-5,9-11H2,1-2H3. The highest BCUT2D eigenvalue weighted by atomic mass is 16.3. The first-order valence-electron chi connectivity index (χ1n) is 7.07. The van der Waals surface area contributed by atoms with E-state index in [1.165, 1.54) is 0 Å². The molecule has 0 saturated carbocycles. The lowest BCUT2D eigenvalue weighted by Crippen LogP contribution is -2.38. The topological polar surface area (TPSA) is 73.7 Å². The summed E-state index contributed by atoms with van der Waals surface area (Å²) in [5, 5.41) is 17.6. The van der Waals surface area contributed by atoms with Crippen LogP contribution in [-0.4, -0.2) is 51.8 Å². The molecular weight excluding hydrogens is 268 g/mol. The van der Waals surface area contributed by atoms with Crippen molar-refractivity contribution in [2.45, 2.75) is 32.7 Å². The van der Waals surface area contributed by atoms with Crippen LogP contribution in [0.3, 0.4) is 0 Å². The maximum Gasteiger partial charge on any atom is 0.272 e. The van der Waals surface area contributed by atoms with Gasteiger partial charge in [-0.1, -0.05) is 11.8 Å². The van der Waals surface area contributed by atoms with Crippen molar-refractivity contribution in [1.82, 2.24) is 9.88 Å². The smallest absolute Gasteiger partial charge is 0.272 e. The van der Waals surface area contributed by atoms with Crippen LogP contribution in [0.15, 0.2) is 18.3 Å². The number of aromatic nitrogens is 1. The Hall–Kier alpha value is -1.90. The van der Waals surface area contributed by atoms with Crippen LogP contribution in [0.5, 0.6) is 0 Å². The van der Waals surface area contributed by atoms with E-state index in [4.69, 9.17) is 10.2 Å². The van der Waals surface area contributed by atoms with Crippen LogP contribution in [-0.2, 0) is 0 Å². The van der Waals surface area contributed by atoms with Crippen LogP contribution in [0.4, 0.5) is 0 Å². The Morgan fingerprint density at radius 1 is 1.33 bits per heavy atom. The Balaban J connectivity index is 2.79. The van der Waals surface area contributed by atoms with Crippen molar-refractivity contribution in [1.29, 1.82) is 0 Å². The number of amides is 1. The van der Waals surface area contributed by atoms with Crippen LogP contribution >= 0.6 is 0 Å². The van der Waals surface area contributed by atoms with Crippen molar-refractivity contribution in [2.24, 2.45) is 0 Å². The first-order valence-corrected chi connectivity index (χ1v) is 7.07. The summed E-state index contributed by atoms with van der Waals surface area (Å²) in [5.74, 6) is 5.53. The first kappa shape index (κ1) is 17.2. The minimum absolute atomic E-state index is 0.0329. The summed E-state index contributed by atoms with van der Waals surface area (Å²) in [7, 11) is 0. The van der Waals surface area contributed by atoms with Crippen LogP contribution in [0.2, 0.25) is 0 Å². The number of pyridine rings is 1. The van der Waals surface area contributed by atoms with Gasteiger partial charge in [0.05, 0.1) is 6.61 Å². The summed E-state index contributed by atoms with van der Waals surface area (Å²) >= 11 is 0.